The number of carbonyl (C=O) groups is 2. The molecule has 5 nitrogen and oxygen atoms in total. The van der Waals surface area contributed by atoms with Crippen molar-refractivity contribution in [2.75, 3.05) is 30.3 Å². The summed E-state index contributed by atoms with van der Waals surface area (Å²) in [6.07, 6.45) is 4.13. The summed E-state index contributed by atoms with van der Waals surface area (Å²) in [5, 5.41) is 5.77. The second-order valence-corrected chi connectivity index (χ2v) is 6.61. The molecular weight excluding hydrogens is 290 g/mol. The summed E-state index contributed by atoms with van der Waals surface area (Å²) in [6, 6.07) is 7.27. The summed E-state index contributed by atoms with van der Waals surface area (Å²) in [4.78, 5) is 26.0. The van der Waals surface area contributed by atoms with Gasteiger partial charge in [0.1, 0.15) is 0 Å². The van der Waals surface area contributed by atoms with Crippen LogP contribution in [0.3, 0.4) is 0 Å². The van der Waals surface area contributed by atoms with Crippen LogP contribution in [0.2, 0.25) is 0 Å². The maximum atomic E-state index is 12.0. The Morgan fingerprint density at radius 2 is 1.48 bits per heavy atom. The Morgan fingerprint density at radius 1 is 0.957 bits per heavy atom. The van der Waals surface area contributed by atoms with Gasteiger partial charge in [0.15, 0.2) is 0 Å². The summed E-state index contributed by atoms with van der Waals surface area (Å²) >= 11 is 0. The van der Waals surface area contributed by atoms with E-state index in [9.17, 15) is 9.59 Å². The Balaban J connectivity index is 1.79. The fourth-order valence-electron chi connectivity index (χ4n) is 2.74. The standard InChI is InChI=1S/C18H27N3O2/c1-14(2)12-17(22)19-15-6-8-16(9-7-15)20-18(23)13-21-10-4-3-5-11-21/h6-9,14H,3-5,10-13H2,1-2H3,(H,19,22)(H,20,23). The molecule has 126 valence electrons. The molecule has 0 spiro atoms. The molecular formula is C18H27N3O2. The van der Waals surface area contributed by atoms with Crippen LogP contribution in [-0.2, 0) is 9.59 Å². The van der Waals surface area contributed by atoms with Crippen molar-refractivity contribution in [2.24, 2.45) is 5.92 Å². The molecule has 1 heterocycles. The summed E-state index contributed by atoms with van der Waals surface area (Å²) in [5.41, 5.74) is 1.51. The lowest BCUT2D eigenvalue weighted by molar-refractivity contribution is -0.118. The second-order valence-electron chi connectivity index (χ2n) is 6.61. The molecule has 0 bridgehead atoms. The van der Waals surface area contributed by atoms with E-state index in [0.717, 1.165) is 24.5 Å². The molecule has 0 aromatic heterocycles. The minimum atomic E-state index is 0.0156. The maximum absolute atomic E-state index is 12.0. The van der Waals surface area contributed by atoms with E-state index in [1.54, 1.807) is 0 Å². The van der Waals surface area contributed by atoms with Crippen LogP contribution in [0.25, 0.3) is 0 Å². The van der Waals surface area contributed by atoms with E-state index in [1.807, 2.05) is 38.1 Å². The normalized spacial score (nSPS) is 15.4. The molecule has 1 aliphatic rings. The predicted octanol–water partition coefficient (Wildman–Crippen LogP) is 3.10. The molecule has 0 atom stereocenters. The molecule has 0 aliphatic carbocycles. The number of hydrogen-bond acceptors (Lipinski definition) is 3. The Bertz CT molecular complexity index is 520. The van der Waals surface area contributed by atoms with Crippen LogP contribution in [0.1, 0.15) is 39.5 Å². The number of rotatable bonds is 6. The molecule has 5 heteroatoms. The molecule has 1 aromatic rings. The zero-order valence-electron chi connectivity index (χ0n) is 14.1. The lowest BCUT2D eigenvalue weighted by Crippen LogP contribution is -2.36. The zero-order valence-corrected chi connectivity index (χ0v) is 14.1. The number of nitrogens with zero attached hydrogens (tertiary/aromatic N) is 1. The van der Waals surface area contributed by atoms with Crippen LogP contribution in [0, 0.1) is 5.92 Å². The van der Waals surface area contributed by atoms with E-state index in [1.165, 1.54) is 19.3 Å². The minimum absolute atomic E-state index is 0.0156. The summed E-state index contributed by atoms with van der Waals surface area (Å²) in [6.45, 7) is 6.50. The van der Waals surface area contributed by atoms with Crippen LogP contribution >= 0.6 is 0 Å². The van der Waals surface area contributed by atoms with Gasteiger partial charge >= 0.3 is 0 Å². The minimum Gasteiger partial charge on any atom is -0.326 e. The number of amides is 2. The topological polar surface area (TPSA) is 61.4 Å². The zero-order chi connectivity index (χ0) is 16.7. The van der Waals surface area contributed by atoms with E-state index in [2.05, 4.69) is 15.5 Å². The predicted molar refractivity (Wildman–Crippen MR) is 93.4 cm³/mol. The quantitative estimate of drug-likeness (QED) is 0.847. The molecule has 2 rings (SSSR count). The van der Waals surface area contributed by atoms with Crippen molar-refractivity contribution in [2.45, 2.75) is 39.5 Å². The van der Waals surface area contributed by atoms with Gasteiger partial charge in [0.2, 0.25) is 11.8 Å². The molecule has 1 aliphatic heterocycles. The van der Waals surface area contributed by atoms with Gasteiger partial charge in [-0.25, -0.2) is 0 Å². The average molecular weight is 317 g/mol. The smallest absolute Gasteiger partial charge is 0.238 e. The molecule has 2 amide bonds. The molecule has 23 heavy (non-hydrogen) atoms. The lowest BCUT2D eigenvalue weighted by atomic mass is 10.1. The summed E-state index contributed by atoms with van der Waals surface area (Å²) in [5.74, 6) is 0.369. The third-order valence-electron chi connectivity index (χ3n) is 3.86. The van der Waals surface area contributed by atoms with Crippen LogP contribution in [0.5, 0.6) is 0 Å². The lowest BCUT2D eigenvalue weighted by Gasteiger charge is -2.25. The first-order valence-electron chi connectivity index (χ1n) is 8.45. The van der Waals surface area contributed by atoms with Crippen molar-refractivity contribution in [1.29, 1.82) is 0 Å². The first kappa shape index (κ1) is 17.5. The van der Waals surface area contributed by atoms with E-state index < -0.39 is 0 Å². The van der Waals surface area contributed by atoms with Crippen LogP contribution in [-0.4, -0.2) is 36.3 Å². The van der Waals surface area contributed by atoms with E-state index >= 15 is 0 Å². The Labute approximate surface area is 138 Å². The highest BCUT2D eigenvalue weighted by Gasteiger charge is 2.13. The number of anilines is 2. The highest BCUT2D eigenvalue weighted by atomic mass is 16.2. The van der Waals surface area contributed by atoms with Gasteiger partial charge in [0.05, 0.1) is 6.54 Å². The number of likely N-dealkylation sites (tertiary alicyclic amines) is 1. The summed E-state index contributed by atoms with van der Waals surface area (Å²) in [7, 11) is 0. The Kier molecular flexibility index (Phi) is 6.59. The largest absolute Gasteiger partial charge is 0.326 e. The van der Waals surface area contributed by atoms with Crippen molar-refractivity contribution >= 4 is 23.2 Å². The van der Waals surface area contributed by atoms with Crippen LogP contribution in [0.4, 0.5) is 11.4 Å². The van der Waals surface area contributed by atoms with Crippen molar-refractivity contribution in [3.8, 4) is 0 Å². The van der Waals surface area contributed by atoms with Crippen LogP contribution < -0.4 is 10.6 Å². The maximum Gasteiger partial charge on any atom is 0.238 e. The highest BCUT2D eigenvalue weighted by molar-refractivity contribution is 5.93. The van der Waals surface area contributed by atoms with Crippen molar-refractivity contribution < 1.29 is 9.59 Å². The molecule has 0 radical (unpaired) electrons. The number of piperidine rings is 1. The first-order valence-corrected chi connectivity index (χ1v) is 8.45. The fourth-order valence-corrected chi connectivity index (χ4v) is 2.74. The van der Waals surface area contributed by atoms with Gasteiger partial charge in [-0.2, -0.15) is 0 Å². The molecule has 1 fully saturated rings. The van der Waals surface area contributed by atoms with Crippen molar-refractivity contribution in [1.82, 2.24) is 4.90 Å². The first-order chi connectivity index (χ1) is 11.0. The number of hydrogen-bond donors (Lipinski definition) is 2. The van der Waals surface area contributed by atoms with E-state index in [4.69, 9.17) is 0 Å². The van der Waals surface area contributed by atoms with Gasteiger partial charge in [-0.15, -0.1) is 0 Å². The molecule has 0 unspecified atom stereocenters. The average Bonchev–Trinajstić information content (AvgIpc) is 2.49. The van der Waals surface area contributed by atoms with E-state index in [0.29, 0.717) is 18.9 Å². The number of carbonyl (C=O) groups excluding carboxylic acids is 2. The van der Waals surface area contributed by atoms with Gasteiger partial charge < -0.3 is 10.6 Å². The third kappa shape index (κ3) is 6.40. The highest BCUT2D eigenvalue weighted by Crippen LogP contribution is 2.15. The molecule has 1 saturated heterocycles. The Morgan fingerprint density at radius 3 is 2.00 bits per heavy atom. The third-order valence-corrected chi connectivity index (χ3v) is 3.86. The molecule has 1 aromatic carbocycles. The number of benzene rings is 1. The van der Waals surface area contributed by atoms with Crippen LogP contribution in [0.15, 0.2) is 24.3 Å². The van der Waals surface area contributed by atoms with E-state index in [-0.39, 0.29) is 11.8 Å². The monoisotopic (exact) mass is 317 g/mol. The fraction of sp³-hybridized carbons (Fsp3) is 0.556. The molecule has 0 saturated carbocycles. The number of nitrogens with one attached hydrogen (secondary N) is 2. The molecule has 2 N–H and O–H groups in total. The second kappa shape index (κ2) is 8.67. The van der Waals surface area contributed by atoms with Gasteiger partial charge in [-0.3, -0.25) is 14.5 Å². The SMILES string of the molecule is CC(C)CC(=O)Nc1ccc(NC(=O)CN2CCCCC2)cc1. The van der Waals surface area contributed by atoms with Gasteiger partial charge in [0, 0.05) is 17.8 Å². The van der Waals surface area contributed by atoms with Gasteiger partial charge in [0.25, 0.3) is 0 Å². The van der Waals surface area contributed by atoms with Crippen molar-refractivity contribution in [3.05, 3.63) is 24.3 Å². The Hall–Kier alpha value is -1.88. The van der Waals surface area contributed by atoms with Crippen molar-refractivity contribution in [3.63, 3.8) is 0 Å². The van der Waals surface area contributed by atoms with Gasteiger partial charge in [-0.05, 0) is 56.1 Å². The van der Waals surface area contributed by atoms with Gasteiger partial charge in [-0.1, -0.05) is 20.3 Å². The summed E-state index contributed by atoms with van der Waals surface area (Å²) < 4.78 is 0.